The van der Waals surface area contributed by atoms with E-state index in [4.69, 9.17) is 36.0 Å². The van der Waals surface area contributed by atoms with E-state index in [1.807, 2.05) is 30.3 Å². The number of esters is 1. The largest absolute Gasteiger partial charge is 0.493 e. The van der Waals surface area contributed by atoms with Gasteiger partial charge < -0.3 is 24.4 Å². The number of primary amides is 1. The van der Waals surface area contributed by atoms with Crippen LogP contribution in [-0.2, 0) is 9.53 Å². The first kappa shape index (κ1) is 21.1. The number of hydrogen-bond acceptors (Lipinski definition) is 8. The van der Waals surface area contributed by atoms with Crippen LogP contribution in [0.25, 0.3) is 11.5 Å². The molecule has 0 aliphatic rings. The molecule has 1 amide bonds. The third kappa shape index (κ3) is 4.87. The molecular formula is C20H18ClN3O6. The Balaban J connectivity index is 1.74. The van der Waals surface area contributed by atoms with Crippen molar-refractivity contribution in [3.8, 4) is 23.0 Å². The Bertz CT molecular complexity index is 1050. The zero-order valence-corrected chi connectivity index (χ0v) is 16.9. The summed E-state index contributed by atoms with van der Waals surface area (Å²) in [5, 5.41) is 7.96. The molecule has 3 aromatic rings. The Kier molecular flexibility index (Phi) is 6.53. The minimum absolute atomic E-state index is 0.0550. The van der Waals surface area contributed by atoms with Gasteiger partial charge in [-0.25, -0.2) is 4.79 Å². The number of ether oxygens (including phenoxy) is 3. The number of rotatable bonds is 8. The second-order valence-corrected chi connectivity index (χ2v) is 6.51. The molecule has 2 aromatic carbocycles. The highest BCUT2D eigenvalue weighted by atomic mass is 35.5. The van der Waals surface area contributed by atoms with Crippen molar-refractivity contribution >= 4 is 23.5 Å². The number of nitrogens with zero attached hydrogens (tertiary/aromatic N) is 2. The Hall–Kier alpha value is -3.59. The van der Waals surface area contributed by atoms with Crippen molar-refractivity contribution < 1.29 is 28.2 Å². The lowest BCUT2D eigenvalue weighted by Crippen LogP contribution is -2.20. The van der Waals surface area contributed by atoms with Crippen LogP contribution in [0, 0.1) is 0 Å². The van der Waals surface area contributed by atoms with E-state index in [0.717, 1.165) is 5.56 Å². The lowest BCUT2D eigenvalue weighted by atomic mass is 10.2. The van der Waals surface area contributed by atoms with Gasteiger partial charge in [0.15, 0.2) is 24.2 Å². The van der Waals surface area contributed by atoms with Gasteiger partial charge in [0, 0.05) is 5.56 Å². The molecule has 10 heteroatoms. The zero-order chi connectivity index (χ0) is 21.7. The van der Waals surface area contributed by atoms with Crippen molar-refractivity contribution in [1.82, 2.24) is 10.2 Å². The first-order valence-electron chi connectivity index (χ1n) is 8.77. The van der Waals surface area contributed by atoms with E-state index in [9.17, 15) is 9.59 Å². The lowest BCUT2D eigenvalue weighted by Gasteiger charge is -2.14. The molecule has 1 aromatic heterocycles. The maximum absolute atomic E-state index is 12.6. The molecule has 0 fully saturated rings. The third-order valence-corrected chi connectivity index (χ3v) is 4.20. The fourth-order valence-electron chi connectivity index (χ4n) is 2.50. The summed E-state index contributed by atoms with van der Waals surface area (Å²) in [6.07, 6.45) is -0.807. The third-order valence-electron chi connectivity index (χ3n) is 3.92. The van der Waals surface area contributed by atoms with E-state index in [-0.39, 0.29) is 28.0 Å². The van der Waals surface area contributed by atoms with E-state index < -0.39 is 24.6 Å². The SMILES string of the molecule is COc1cc(C(=O)OC(C)c2nnc(-c3ccccc3)o2)cc(Cl)c1OCC(N)=O. The lowest BCUT2D eigenvalue weighted by molar-refractivity contribution is -0.119. The summed E-state index contributed by atoms with van der Waals surface area (Å²) in [5.41, 5.74) is 5.92. The van der Waals surface area contributed by atoms with Crippen LogP contribution in [0.2, 0.25) is 5.02 Å². The number of amides is 1. The van der Waals surface area contributed by atoms with Crippen LogP contribution in [0.4, 0.5) is 0 Å². The molecule has 0 aliphatic heterocycles. The second kappa shape index (κ2) is 9.27. The summed E-state index contributed by atoms with van der Waals surface area (Å²) < 4.78 is 21.4. The maximum Gasteiger partial charge on any atom is 0.339 e. The van der Waals surface area contributed by atoms with Gasteiger partial charge in [0.2, 0.25) is 5.89 Å². The minimum Gasteiger partial charge on any atom is -0.493 e. The predicted molar refractivity (Wildman–Crippen MR) is 106 cm³/mol. The van der Waals surface area contributed by atoms with E-state index in [1.165, 1.54) is 19.2 Å². The van der Waals surface area contributed by atoms with Crippen molar-refractivity contribution in [2.24, 2.45) is 5.73 Å². The first-order valence-corrected chi connectivity index (χ1v) is 9.15. The van der Waals surface area contributed by atoms with Gasteiger partial charge in [-0.3, -0.25) is 4.79 Å². The average molecular weight is 432 g/mol. The number of aromatic nitrogens is 2. The molecule has 3 rings (SSSR count). The van der Waals surface area contributed by atoms with Gasteiger partial charge in [0.25, 0.3) is 11.8 Å². The number of methoxy groups -OCH3 is 1. The Morgan fingerprint density at radius 2 is 1.93 bits per heavy atom. The molecular weight excluding hydrogens is 414 g/mol. The van der Waals surface area contributed by atoms with Crippen LogP contribution in [0.3, 0.4) is 0 Å². The highest BCUT2D eigenvalue weighted by Gasteiger charge is 2.22. The first-order chi connectivity index (χ1) is 14.4. The van der Waals surface area contributed by atoms with Gasteiger partial charge in [0.1, 0.15) is 0 Å². The normalized spacial score (nSPS) is 11.6. The quantitative estimate of drug-likeness (QED) is 0.539. The van der Waals surface area contributed by atoms with E-state index >= 15 is 0 Å². The number of hydrogen-bond donors (Lipinski definition) is 1. The summed E-state index contributed by atoms with van der Waals surface area (Å²) in [7, 11) is 1.37. The molecule has 0 spiro atoms. The van der Waals surface area contributed by atoms with Crippen LogP contribution < -0.4 is 15.2 Å². The van der Waals surface area contributed by atoms with Gasteiger partial charge in [-0.05, 0) is 31.2 Å². The summed E-state index contributed by atoms with van der Waals surface area (Å²) in [6.45, 7) is 1.21. The van der Waals surface area contributed by atoms with Gasteiger partial charge in [-0.2, -0.15) is 0 Å². The molecule has 0 saturated carbocycles. The number of carbonyl (C=O) groups is 2. The minimum atomic E-state index is -0.807. The molecule has 156 valence electrons. The smallest absolute Gasteiger partial charge is 0.339 e. The number of nitrogens with two attached hydrogens (primary N) is 1. The molecule has 0 radical (unpaired) electrons. The summed E-state index contributed by atoms with van der Waals surface area (Å²) in [6, 6.07) is 11.9. The van der Waals surface area contributed by atoms with Gasteiger partial charge in [-0.15, -0.1) is 10.2 Å². The Morgan fingerprint density at radius 3 is 2.60 bits per heavy atom. The van der Waals surface area contributed by atoms with E-state index in [1.54, 1.807) is 6.92 Å². The standard InChI is InChI=1S/C20H18ClN3O6/c1-11(18-23-24-19(30-18)12-6-4-3-5-7-12)29-20(26)13-8-14(21)17(15(9-13)27-2)28-10-16(22)25/h3-9,11H,10H2,1-2H3,(H2,22,25). The van der Waals surface area contributed by atoms with Crippen LogP contribution >= 0.6 is 11.6 Å². The second-order valence-electron chi connectivity index (χ2n) is 6.10. The van der Waals surface area contributed by atoms with Crippen LogP contribution in [0.15, 0.2) is 46.9 Å². The van der Waals surface area contributed by atoms with Crippen molar-refractivity contribution in [3.05, 3.63) is 58.9 Å². The highest BCUT2D eigenvalue weighted by molar-refractivity contribution is 6.32. The fourth-order valence-corrected chi connectivity index (χ4v) is 2.76. The van der Waals surface area contributed by atoms with Crippen molar-refractivity contribution in [2.75, 3.05) is 13.7 Å². The topological polar surface area (TPSA) is 127 Å². The summed E-state index contributed by atoms with van der Waals surface area (Å²) in [4.78, 5) is 23.5. The van der Waals surface area contributed by atoms with E-state index in [0.29, 0.717) is 5.89 Å². The van der Waals surface area contributed by atoms with Gasteiger partial charge in [-0.1, -0.05) is 29.8 Å². The van der Waals surface area contributed by atoms with Crippen molar-refractivity contribution in [2.45, 2.75) is 13.0 Å². The molecule has 1 unspecified atom stereocenters. The van der Waals surface area contributed by atoms with Crippen molar-refractivity contribution in [3.63, 3.8) is 0 Å². The van der Waals surface area contributed by atoms with E-state index in [2.05, 4.69) is 10.2 Å². The maximum atomic E-state index is 12.6. The summed E-state index contributed by atoms with van der Waals surface area (Å²) in [5.74, 6) is -0.682. The summed E-state index contributed by atoms with van der Waals surface area (Å²) >= 11 is 6.16. The number of halogens is 1. The van der Waals surface area contributed by atoms with Crippen LogP contribution in [-0.4, -0.2) is 35.8 Å². The molecule has 0 bridgehead atoms. The molecule has 0 aliphatic carbocycles. The molecule has 30 heavy (non-hydrogen) atoms. The van der Waals surface area contributed by atoms with Crippen LogP contribution in [0.1, 0.15) is 29.3 Å². The molecule has 1 atom stereocenters. The molecule has 9 nitrogen and oxygen atoms in total. The number of benzene rings is 2. The van der Waals surface area contributed by atoms with Crippen LogP contribution in [0.5, 0.6) is 11.5 Å². The monoisotopic (exact) mass is 431 g/mol. The molecule has 1 heterocycles. The molecule has 2 N–H and O–H groups in total. The molecule has 0 saturated heterocycles. The fraction of sp³-hybridized carbons (Fsp3) is 0.200. The van der Waals surface area contributed by atoms with Gasteiger partial charge in [0.05, 0.1) is 17.7 Å². The van der Waals surface area contributed by atoms with Gasteiger partial charge >= 0.3 is 5.97 Å². The Labute approximate surface area is 176 Å². The average Bonchev–Trinajstić information content (AvgIpc) is 3.23. The zero-order valence-electron chi connectivity index (χ0n) is 16.1. The Morgan fingerprint density at radius 1 is 1.20 bits per heavy atom. The highest BCUT2D eigenvalue weighted by Crippen LogP contribution is 2.37. The van der Waals surface area contributed by atoms with Crippen molar-refractivity contribution in [1.29, 1.82) is 0 Å². The predicted octanol–water partition coefficient (Wildman–Crippen LogP) is 3.18. The number of carbonyl (C=O) groups excluding carboxylic acids is 2.